The number of nitrogens with zero attached hydrogens (tertiary/aromatic N) is 1. The molecule has 0 bridgehead atoms. The van der Waals surface area contributed by atoms with Crippen molar-refractivity contribution in [1.82, 2.24) is 4.57 Å². The molecule has 1 aromatic heterocycles. The highest BCUT2D eigenvalue weighted by molar-refractivity contribution is 7.91. The third-order valence-electron chi connectivity index (χ3n) is 6.63. The highest BCUT2D eigenvalue weighted by atomic mass is 32.2. The lowest BCUT2D eigenvalue weighted by molar-refractivity contribution is 0.0600. The van der Waals surface area contributed by atoms with Crippen molar-refractivity contribution in [3.8, 4) is 16.8 Å². The lowest BCUT2D eigenvalue weighted by atomic mass is 9.96. The van der Waals surface area contributed by atoms with Gasteiger partial charge in [-0.15, -0.1) is 0 Å². The number of carbonyl (C=O) groups excluding carboxylic acids is 2. The number of carbonyl (C=O) groups is 2. The van der Waals surface area contributed by atoms with E-state index in [1.807, 2.05) is 22.9 Å². The third kappa shape index (κ3) is 4.68. The van der Waals surface area contributed by atoms with E-state index in [1.165, 1.54) is 19.2 Å². The number of aromatic nitrogens is 1. The molecular weight excluding hydrogens is 481 g/mol. The molecule has 1 saturated heterocycles. The first kappa shape index (κ1) is 23.9. The molecule has 0 saturated carbocycles. The number of rotatable bonds is 6. The van der Waals surface area contributed by atoms with Crippen LogP contribution in [0.3, 0.4) is 0 Å². The molecule has 0 radical (unpaired) electrons. The number of hydrogen-bond acceptors (Lipinski definition) is 5. The van der Waals surface area contributed by atoms with Gasteiger partial charge in [-0.05, 0) is 60.4 Å². The van der Waals surface area contributed by atoms with Gasteiger partial charge < -0.3 is 9.30 Å². The molecule has 1 aliphatic heterocycles. The molecule has 1 fully saturated rings. The summed E-state index contributed by atoms with van der Waals surface area (Å²) < 4.78 is 44.0. The summed E-state index contributed by atoms with van der Waals surface area (Å²) in [6.45, 7) is 0. The van der Waals surface area contributed by atoms with Crippen LogP contribution in [0, 0.1) is 11.7 Å². The van der Waals surface area contributed by atoms with E-state index >= 15 is 0 Å². The SMILES string of the molecule is COC(=O)c1cccc(-c2cn(-c3ccc(F)cc3)c3cc(C(=O)CC4CCS(=O)(=O)C4)ccc23)c1. The van der Waals surface area contributed by atoms with Crippen molar-refractivity contribution in [2.45, 2.75) is 12.8 Å². The summed E-state index contributed by atoms with van der Waals surface area (Å²) in [4.78, 5) is 25.2. The van der Waals surface area contributed by atoms with Gasteiger partial charge in [0.2, 0.25) is 0 Å². The molecule has 0 N–H and O–H groups in total. The van der Waals surface area contributed by atoms with Crippen molar-refractivity contribution < 1.29 is 27.1 Å². The summed E-state index contributed by atoms with van der Waals surface area (Å²) >= 11 is 0. The van der Waals surface area contributed by atoms with Crippen LogP contribution in [0.5, 0.6) is 0 Å². The predicted molar refractivity (Wildman–Crippen MR) is 136 cm³/mol. The molecule has 4 aromatic rings. The van der Waals surface area contributed by atoms with Gasteiger partial charge in [0, 0.05) is 34.8 Å². The summed E-state index contributed by atoms with van der Waals surface area (Å²) in [6.07, 6.45) is 2.57. The van der Waals surface area contributed by atoms with Gasteiger partial charge in [-0.1, -0.05) is 24.3 Å². The number of ketones is 1. The average molecular weight is 506 g/mol. The quantitative estimate of drug-likeness (QED) is 0.265. The largest absolute Gasteiger partial charge is 0.465 e. The normalized spacial score (nSPS) is 16.8. The minimum absolute atomic E-state index is 0.0492. The summed E-state index contributed by atoms with van der Waals surface area (Å²) in [5.41, 5.74) is 3.98. The lowest BCUT2D eigenvalue weighted by Gasteiger charge is -2.09. The summed E-state index contributed by atoms with van der Waals surface area (Å²) in [5.74, 6) is -0.901. The summed E-state index contributed by atoms with van der Waals surface area (Å²) in [5, 5.41) is 0.848. The van der Waals surface area contributed by atoms with Crippen LogP contribution in [0.25, 0.3) is 27.7 Å². The minimum atomic E-state index is -3.06. The van der Waals surface area contributed by atoms with E-state index in [0.717, 1.165) is 22.0 Å². The van der Waals surface area contributed by atoms with E-state index in [4.69, 9.17) is 4.74 Å². The monoisotopic (exact) mass is 505 g/mol. The molecule has 1 unspecified atom stereocenters. The zero-order chi connectivity index (χ0) is 25.4. The number of halogens is 1. The molecule has 0 amide bonds. The fourth-order valence-corrected chi connectivity index (χ4v) is 6.65. The minimum Gasteiger partial charge on any atom is -0.465 e. The molecule has 8 heteroatoms. The van der Waals surface area contributed by atoms with E-state index in [2.05, 4.69) is 0 Å². The van der Waals surface area contributed by atoms with Crippen molar-refractivity contribution >= 4 is 32.5 Å². The van der Waals surface area contributed by atoms with Gasteiger partial charge in [0.1, 0.15) is 5.82 Å². The van der Waals surface area contributed by atoms with E-state index in [0.29, 0.717) is 23.2 Å². The highest BCUT2D eigenvalue weighted by Gasteiger charge is 2.29. The Bertz CT molecular complexity index is 1590. The first-order chi connectivity index (χ1) is 17.2. The Labute approximate surface area is 208 Å². The zero-order valence-electron chi connectivity index (χ0n) is 19.6. The lowest BCUT2D eigenvalue weighted by Crippen LogP contribution is -2.10. The fraction of sp³-hybridized carbons (Fsp3) is 0.214. The van der Waals surface area contributed by atoms with Crippen molar-refractivity contribution in [2.75, 3.05) is 18.6 Å². The van der Waals surface area contributed by atoms with Crippen molar-refractivity contribution in [3.63, 3.8) is 0 Å². The van der Waals surface area contributed by atoms with E-state index < -0.39 is 15.8 Å². The Morgan fingerprint density at radius 3 is 2.50 bits per heavy atom. The van der Waals surface area contributed by atoms with Crippen molar-refractivity contribution in [2.24, 2.45) is 5.92 Å². The van der Waals surface area contributed by atoms with E-state index in [1.54, 1.807) is 42.5 Å². The summed E-state index contributed by atoms with van der Waals surface area (Å²) in [6, 6.07) is 18.5. The Hall–Kier alpha value is -3.78. The van der Waals surface area contributed by atoms with Gasteiger partial charge in [0.15, 0.2) is 15.6 Å². The molecule has 3 aromatic carbocycles. The van der Waals surface area contributed by atoms with Gasteiger partial charge in [0.05, 0.1) is 29.7 Å². The second-order valence-corrected chi connectivity index (χ2v) is 11.3. The number of ether oxygens (including phenoxy) is 1. The van der Waals surface area contributed by atoms with E-state index in [-0.39, 0.29) is 35.4 Å². The number of hydrogen-bond donors (Lipinski definition) is 0. The third-order valence-corrected chi connectivity index (χ3v) is 8.46. The molecule has 6 nitrogen and oxygen atoms in total. The number of benzene rings is 3. The van der Waals surface area contributed by atoms with Crippen LogP contribution in [0.2, 0.25) is 0 Å². The number of Topliss-reactive ketones (excluding diaryl/α,β-unsaturated/α-hetero) is 1. The molecule has 0 spiro atoms. The van der Waals surface area contributed by atoms with E-state index in [9.17, 15) is 22.4 Å². The Balaban J connectivity index is 1.60. The van der Waals surface area contributed by atoms with Crippen LogP contribution in [-0.2, 0) is 14.6 Å². The standard InChI is InChI=1S/C28H24FNO5S/c1-35-28(32)21-4-2-3-19(14-21)25-16-30(23-8-6-22(29)7-9-23)26-15-20(5-10-24(25)26)27(31)13-18-11-12-36(33,34)17-18/h2-10,14-16,18H,11-13,17H2,1H3. The topological polar surface area (TPSA) is 82.4 Å². The van der Waals surface area contributed by atoms with Crippen LogP contribution in [0.4, 0.5) is 4.39 Å². The molecular formula is C28H24FNO5S. The molecule has 2 heterocycles. The van der Waals surface area contributed by atoms with Crippen LogP contribution >= 0.6 is 0 Å². The maximum atomic E-state index is 13.6. The molecule has 0 aliphatic carbocycles. The van der Waals surface area contributed by atoms with Crippen LogP contribution in [0.1, 0.15) is 33.6 Å². The first-order valence-corrected chi connectivity index (χ1v) is 13.4. The van der Waals surface area contributed by atoms with Crippen molar-refractivity contribution in [1.29, 1.82) is 0 Å². The van der Waals surface area contributed by atoms with Gasteiger partial charge in [-0.25, -0.2) is 17.6 Å². The number of esters is 1. The maximum absolute atomic E-state index is 13.6. The number of methoxy groups -OCH3 is 1. The average Bonchev–Trinajstić information content (AvgIpc) is 3.43. The second kappa shape index (κ2) is 9.35. The van der Waals surface area contributed by atoms with Crippen LogP contribution in [-0.4, -0.2) is 43.4 Å². The molecule has 1 atom stereocenters. The smallest absolute Gasteiger partial charge is 0.337 e. The molecule has 1 aliphatic rings. The summed E-state index contributed by atoms with van der Waals surface area (Å²) in [7, 11) is -1.73. The van der Waals surface area contributed by atoms with Crippen LogP contribution < -0.4 is 0 Å². The fourth-order valence-electron chi connectivity index (χ4n) is 4.79. The Kier molecular flexibility index (Phi) is 6.22. The number of fused-ring (bicyclic) bond motifs is 1. The molecule has 5 rings (SSSR count). The Morgan fingerprint density at radius 2 is 1.81 bits per heavy atom. The Morgan fingerprint density at radius 1 is 1.03 bits per heavy atom. The zero-order valence-corrected chi connectivity index (χ0v) is 20.4. The molecule has 184 valence electrons. The maximum Gasteiger partial charge on any atom is 0.337 e. The van der Waals surface area contributed by atoms with Crippen LogP contribution in [0.15, 0.2) is 72.9 Å². The van der Waals surface area contributed by atoms with Gasteiger partial charge >= 0.3 is 5.97 Å². The van der Waals surface area contributed by atoms with Gasteiger partial charge in [0.25, 0.3) is 0 Å². The number of sulfone groups is 1. The van der Waals surface area contributed by atoms with Crippen molar-refractivity contribution in [3.05, 3.63) is 89.9 Å². The second-order valence-electron chi connectivity index (χ2n) is 9.09. The van der Waals surface area contributed by atoms with Gasteiger partial charge in [-0.2, -0.15) is 0 Å². The van der Waals surface area contributed by atoms with Gasteiger partial charge in [-0.3, -0.25) is 4.79 Å². The first-order valence-electron chi connectivity index (χ1n) is 11.6. The predicted octanol–water partition coefficient (Wildman–Crippen LogP) is 5.23. The molecule has 36 heavy (non-hydrogen) atoms. The highest BCUT2D eigenvalue weighted by Crippen LogP contribution is 2.34.